The fraction of sp³-hybridized carbons (Fsp3) is 1.00. The lowest BCUT2D eigenvalue weighted by atomic mass is 10.1. The Morgan fingerprint density at radius 3 is 2.33 bits per heavy atom. The Hall–Kier alpha value is -0.130. The predicted molar refractivity (Wildman–Crippen MR) is 62.4 cm³/mol. The van der Waals surface area contributed by atoms with Gasteiger partial charge in [0.15, 0.2) is 0 Å². The quantitative estimate of drug-likeness (QED) is 0.721. The molecule has 0 spiro atoms. The predicted octanol–water partition coefficient (Wildman–Crippen LogP) is 0.752. The number of hydrogen-bond acceptors (Lipinski definition) is 3. The first kappa shape index (κ1) is 12.9. The molecule has 90 valence electrons. The summed E-state index contributed by atoms with van der Waals surface area (Å²) in [5.74, 6) is 0. The Morgan fingerprint density at radius 1 is 1.33 bits per heavy atom. The summed E-state index contributed by atoms with van der Waals surface area (Å²) in [7, 11) is 0.691. The first-order valence-electron chi connectivity index (χ1n) is 5.62. The van der Waals surface area contributed by atoms with Gasteiger partial charge in [0.2, 0.25) is 10.0 Å². The van der Waals surface area contributed by atoms with E-state index in [1.54, 1.807) is 7.05 Å². The lowest BCUT2D eigenvalue weighted by Gasteiger charge is -2.31. The van der Waals surface area contributed by atoms with Crippen molar-refractivity contribution >= 4 is 10.0 Å². The highest BCUT2D eigenvalue weighted by Gasteiger charge is 2.31. The Bertz CT molecular complexity index is 282. The van der Waals surface area contributed by atoms with E-state index in [2.05, 4.69) is 4.90 Å². The van der Waals surface area contributed by atoms with Crippen LogP contribution in [0.5, 0.6) is 0 Å². The van der Waals surface area contributed by atoms with Crippen LogP contribution >= 0.6 is 0 Å². The van der Waals surface area contributed by atoms with Gasteiger partial charge in [-0.3, -0.25) is 0 Å². The standard InChI is InChI=1S/C10H22N2O2S/c1-4-7-12(3)15(13,14)10-5-8-11(2)9-6-10/h10H,4-9H2,1-3H3. The molecular formula is C10H22N2O2S. The molecule has 0 aromatic carbocycles. The molecule has 0 amide bonds. The number of nitrogens with zero attached hydrogens (tertiary/aromatic N) is 2. The Labute approximate surface area is 93.3 Å². The van der Waals surface area contributed by atoms with Crippen LogP contribution in [0.4, 0.5) is 0 Å². The Balaban J connectivity index is 2.61. The molecule has 1 aliphatic heterocycles. The lowest BCUT2D eigenvalue weighted by molar-refractivity contribution is 0.273. The van der Waals surface area contributed by atoms with Crippen LogP contribution in [0.2, 0.25) is 0 Å². The molecule has 0 aliphatic carbocycles. The zero-order valence-corrected chi connectivity index (χ0v) is 10.8. The van der Waals surface area contributed by atoms with E-state index < -0.39 is 10.0 Å². The van der Waals surface area contributed by atoms with Crippen LogP contribution < -0.4 is 0 Å². The van der Waals surface area contributed by atoms with Crippen molar-refractivity contribution < 1.29 is 8.42 Å². The zero-order chi connectivity index (χ0) is 11.5. The van der Waals surface area contributed by atoms with Crippen LogP contribution in [0.15, 0.2) is 0 Å². The van der Waals surface area contributed by atoms with E-state index in [1.165, 1.54) is 4.31 Å². The van der Waals surface area contributed by atoms with Gasteiger partial charge in [0.25, 0.3) is 0 Å². The van der Waals surface area contributed by atoms with E-state index in [4.69, 9.17) is 0 Å². The average Bonchev–Trinajstić information content (AvgIpc) is 2.18. The topological polar surface area (TPSA) is 40.6 Å². The summed E-state index contributed by atoms with van der Waals surface area (Å²) in [6, 6.07) is 0. The highest BCUT2D eigenvalue weighted by atomic mass is 32.2. The van der Waals surface area contributed by atoms with Crippen molar-refractivity contribution in [3.05, 3.63) is 0 Å². The van der Waals surface area contributed by atoms with Gasteiger partial charge in [0.1, 0.15) is 0 Å². The van der Waals surface area contributed by atoms with Gasteiger partial charge in [0, 0.05) is 13.6 Å². The van der Waals surface area contributed by atoms with Gasteiger partial charge in [-0.2, -0.15) is 0 Å². The molecule has 0 saturated carbocycles. The molecule has 0 aromatic heterocycles. The van der Waals surface area contributed by atoms with Crippen molar-refractivity contribution in [2.24, 2.45) is 0 Å². The minimum Gasteiger partial charge on any atom is -0.306 e. The molecule has 0 unspecified atom stereocenters. The smallest absolute Gasteiger partial charge is 0.216 e. The van der Waals surface area contributed by atoms with Gasteiger partial charge in [-0.1, -0.05) is 6.92 Å². The summed E-state index contributed by atoms with van der Waals surface area (Å²) in [5.41, 5.74) is 0. The van der Waals surface area contributed by atoms with Crippen LogP contribution in [0.25, 0.3) is 0 Å². The van der Waals surface area contributed by atoms with Crippen molar-refractivity contribution in [3.8, 4) is 0 Å². The first-order chi connectivity index (χ1) is 6.98. The van der Waals surface area contributed by atoms with E-state index >= 15 is 0 Å². The number of hydrogen-bond donors (Lipinski definition) is 0. The largest absolute Gasteiger partial charge is 0.306 e. The number of rotatable bonds is 4. The molecule has 1 aliphatic rings. The molecule has 0 N–H and O–H groups in total. The molecule has 1 saturated heterocycles. The van der Waals surface area contributed by atoms with Crippen LogP contribution in [-0.4, -0.2) is 56.6 Å². The third-order valence-corrected chi connectivity index (χ3v) is 5.43. The maximum Gasteiger partial charge on any atom is 0.216 e. The highest BCUT2D eigenvalue weighted by Crippen LogP contribution is 2.19. The van der Waals surface area contributed by atoms with E-state index in [-0.39, 0.29) is 5.25 Å². The Kier molecular flexibility index (Phi) is 4.55. The van der Waals surface area contributed by atoms with E-state index in [9.17, 15) is 8.42 Å². The molecule has 0 bridgehead atoms. The molecular weight excluding hydrogens is 212 g/mol. The summed E-state index contributed by atoms with van der Waals surface area (Å²) in [4.78, 5) is 2.19. The second-order valence-electron chi connectivity index (χ2n) is 4.37. The molecule has 5 heteroatoms. The molecule has 4 nitrogen and oxygen atoms in total. The molecule has 1 rings (SSSR count). The van der Waals surface area contributed by atoms with Gasteiger partial charge < -0.3 is 4.90 Å². The second kappa shape index (κ2) is 5.27. The third-order valence-electron chi connectivity index (χ3n) is 3.06. The summed E-state index contributed by atoms with van der Waals surface area (Å²) < 4.78 is 25.7. The van der Waals surface area contributed by atoms with Gasteiger partial charge in [0.05, 0.1) is 5.25 Å². The fourth-order valence-corrected chi connectivity index (χ4v) is 3.73. The number of piperidine rings is 1. The van der Waals surface area contributed by atoms with Crippen molar-refractivity contribution in [2.75, 3.05) is 33.7 Å². The van der Waals surface area contributed by atoms with Crippen LogP contribution in [0.3, 0.4) is 0 Å². The van der Waals surface area contributed by atoms with E-state index in [1.807, 2.05) is 14.0 Å². The summed E-state index contributed by atoms with van der Waals surface area (Å²) in [6.07, 6.45) is 2.42. The fourth-order valence-electron chi connectivity index (χ4n) is 1.98. The molecule has 0 aromatic rings. The summed E-state index contributed by atoms with van der Waals surface area (Å²) >= 11 is 0. The van der Waals surface area contributed by atoms with Crippen molar-refractivity contribution in [1.29, 1.82) is 0 Å². The first-order valence-corrected chi connectivity index (χ1v) is 7.12. The SMILES string of the molecule is CCCN(C)S(=O)(=O)C1CCN(C)CC1. The highest BCUT2D eigenvalue weighted by molar-refractivity contribution is 7.89. The van der Waals surface area contributed by atoms with Crippen LogP contribution in [0, 0.1) is 0 Å². The molecule has 1 heterocycles. The van der Waals surface area contributed by atoms with Gasteiger partial charge >= 0.3 is 0 Å². The van der Waals surface area contributed by atoms with Gasteiger partial charge in [-0.05, 0) is 39.4 Å². The van der Waals surface area contributed by atoms with Crippen LogP contribution in [0.1, 0.15) is 26.2 Å². The zero-order valence-electron chi connectivity index (χ0n) is 9.94. The molecule has 0 atom stereocenters. The van der Waals surface area contributed by atoms with Gasteiger partial charge in [-0.25, -0.2) is 12.7 Å². The maximum absolute atomic E-state index is 12.1. The maximum atomic E-state index is 12.1. The minimum atomic E-state index is -3.04. The molecule has 0 radical (unpaired) electrons. The lowest BCUT2D eigenvalue weighted by Crippen LogP contribution is -2.43. The average molecular weight is 234 g/mol. The third kappa shape index (κ3) is 3.16. The minimum absolute atomic E-state index is 0.162. The normalized spacial score (nSPS) is 21.1. The van der Waals surface area contributed by atoms with Crippen molar-refractivity contribution in [2.45, 2.75) is 31.4 Å². The van der Waals surface area contributed by atoms with E-state index in [0.29, 0.717) is 6.54 Å². The molecule has 15 heavy (non-hydrogen) atoms. The summed E-state index contributed by atoms with van der Waals surface area (Å²) in [6.45, 7) is 4.42. The van der Waals surface area contributed by atoms with Crippen LogP contribution in [-0.2, 0) is 10.0 Å². The van der Waals surface area contributed by atoms with Gasteiger partial charge in [-0.15, -0.1) is 0 Å². The number of sulfonamides is 1. The summed E-state index contributed by atoms with van der Waals surface area (Å²) in [5, 5.41) is -0.162. The Morgan fingerprint density at radius 2 is 1.87 bits per heavy atom. The molecule has 1 fully saturated rings. The monoisotopic (exact) mass is 234 g/mol. The van der Waals surface area contributed by atoms with E-state index in [0.717, 1.165) is 32.4 Å². The second-order valence-corrected chi connectivity index (χ2v) is 6.69. The van der Waals surface area contributed by atoms with Crippen molar-refractivity contribution in [1.82, 2.24) is 9.21 Å². The van der Waals surface area contributed by atoms with Crippen molar-refractivity contribution in [3.63, 3.8) is 0 Å². The number of likely N-dealkylation sites (tertiary alicyclic amines) is 1.